The van der Waals surface area contributed by atoms with E-state index in [2.05, 4.69) is 42.6 Å². The molecule has 1 fully saturated rings. The number of hydrogen-bond donors (Lipinski definition) is 1. The number of carbonyl (C=O) groups is 1. The fraction of sp³-hybridized carbons (Fsp3) is 0.450. The van der Waals surface area contributed by atoms with E-state index in [0.717, 1.165) is 38.0 Å². The molecule has 120 valence electrons. The average molecular weight is 308 g/mol. The molecule has 1 aliphatic carbocycles. The molecule has 0 aromatic heterocycles. The molecule has 4 rings (SSSR count). The molecule has 0 saturated carbocycles. The van der Waals surface area contributed by atoms with Crippen LogP contribution in [0.3, 0.4) is 0 Å². The van der Waals surface area contributed by atoms with E-state index in [0.29, 0.717) is 12.5 Å². The number of likely N-dealkylation sites (tertiary alicyclic amines) is 1. The zero-order valence-electron chi connectivity index (χ0n) is 13.8. The standard InChI is InChI=1S/C20H24N2O/c1-14-4-3-11-22(13-14)19(23)12-21-18-10-9-16-8-7-15-5-2-6-17(18)20(15)16/h2,5-6,9-10,14,21H,3-4,7-8,11-13H2,1H3/t14-/m0/s1. The second-order valence-corrected chi connectivity index (χ2v) is 7.05. The normalized spacial score (nSPS) is 20.0. The summed E-state index contributed by atoms with van der Waals surface area (Å²) in [4.78, 5) is 14.5. The van der Waals surface area contributed by atoms with Gasteiger partial charge in [-0.3, -0.25) is 4.79 Å². The summed E-state index contributed by atoms with van der Waals surface area (Å²) < 4.78 is 0. The second-order valence-electron chi connectivity index (χ2n) is 7.05. The molecule has 1 heterocycles. The zero-order valence-corrected chi connectivity index (χ0v) is 13.8. The van der Waals surface area contributed by atoms with Crippen LogP contribution in [0.25, 0.3) is 10.8 Å². The third-order valence-corrected chi connectivity index (χ3v) is 5.32. The van der Waals surface area contributed by atoms with Gasteiger partial charge in [-0.1, -0.05) is 31.2 Å². The summed E-state index contributed by atoms with van der Waals surface area (Å²) in [5.74, 6) is 0.851. The van der Waals surface area contributed by atoms with Crippen LogP contribution in [-0.4, -0.2) is 30.4 Å². The van der Waals surface area contributed by atoms with Gasteiger partial charge in [-0.15, -0.1) is 0 Å². The minimum Gasteiger partial charge on any atom is -0.376 e. The van der Waals surface area contributed by atoms with Gasteiger partial charge in [0.15, 0.2) is 0 Å². The monoisotopic (exact) mass is 308 g/mol. The number of nitrogens with zero attached hydrogens (tertiary/aromatic N) is 1. The summed E-state index contributed by atoms with van der Waals surface area (Å²) in [6, 6.07) is 10.9. The number of carbonyl (C=O) groups excluding carboxylic acids is 1. The van der Waals surface area contributed by atoms with Gasteiger partial charge in [0, 0.05) is 24.2 Å². The topological polar surface area (TPSA) is 32.3 Å². The fourth-order valence-corrected chi connectivity index (χ4v) is 4.10. The lowest BCUT2D eigenvalue weighted by Crippen LogP contribution is -2.41. The molecule has 0 bridgehead atoms. The molecule has 1 saturated heterocycles. The molecule has 23 heavy (non-hydrogen) atoms. The Labute approximate surface area is 137 Å². The highest BCUT2D eigenvalue weighted by Crippen LogP contribution is 2.34. The molecule has 0 spiro atoms. The molecule has 1 N–H and O–H groups in total. The van der Waals surface area contributed by atoms with Crippen molar-refractivity contribution in [2.75, 3.05) is 25.0 Å². The van der Waals surface area contributed by atoms with Crippen LogP contribution in [0.1, 0.15) is 30.9 Å². The first-order valence-corrected chi connectivity index (χ1v) is 8.77. The molecule has 1 aliphatic heterocycles. The third kappa shape index (κ3) is 2.69. The molecule has 3 heteroatoms. The van der Waals surface area contributed by atoms with Crippen molar-refractivity contribution in [1.82, 2.24) is 4.90 Å². The van der Waals surface area contributed by atoms with Crippen LogP contribution in [0.15, 0.2) is 30.3 Å². The van der Waals surface area contributed by atoms with Gasteiger partial charge in [-0.05, 0) is 54.2 Å². The number of amides is 1. The lowest BCUT2D eigenvalue weighted by Gasteiger charge is -2.31. The zero-order chi connectivity index (χ0) is 15.8. The highest BCUT2D eigenvalue weighted by atomic mass is 16.2. The Balaban J connectivity index is 1.52. The predicted octanol–water partition coefficient (Wildman–Crippen LogP) is 3.61. The van der Waals surface area contributed by atoms with Crippen LogP contribution in [-0.2, 0) is 17.6 Å². The maximum atomic E-state index is 12.5. The van der Waals surface area contributed by atoms with Crippen molar-refractivity contribution in [2.45, 2.75) is 32.6 Å². The van der Waals surface area contributed by atoms with Crippen molar-refractivity contribution in [1.29, 1.82) is 0 Å². The van der Waals surface area contributed by atoms with E-state index in [1.54, 1.807) is 0 Å². The molecule has 1 amide bonds. The van der Waals surface area contributed by atoms with E-state index >= 15 is 0 Å². The number of benzene rings is 2. The lowest BCUT2D eigenvalue weighted by atomic mass is 10.0. The number of aryl methyl sites for hydroxylation is 2. The summed E-state index contributed by atoms with van der Waals surface area (Å²) >= 11 is 0. The van der Waals surface area contributed by atoms with Crippen LogP contribution in [0.2, 0.25) is 0 Å². The van der Waals surface area contributed by atoms with Gasteiger partial charge in [-0.25, -0.2) is 0 Å². The fourth-order valence-electron chi connectivity index (χ4n) is 4.10. The third-order valence-electron chi connectivity index (χ3n) is 5.32. The van der Waals surface area contributed by atoms with E-state index in [9.17, 15) is 4.79 Å². The molecular weight excluding hydrogens is 284 g/mol. The lowest BCUT2D eigenvalue weighted by molar-refractivity contribution is -0.130. The van der Waals surface area contributed by atoms with Gasteiger partial charge >= 0.3 is 0 Å². The number of rotatable bonds is 3. The first kappa shape index (κ1) is 14.6. The summed E-state index contributed by atoms with van der Waals surface area (Å²) in [6.07, 6.45) is 4.65. The van der Waals surface area contributed by atoms with Crippen LogP contribution in [0, 0.1) is 5.92 Å². The molecule has 1 atom stereocenters. The Morgan fingerprint density at radius 2 is 2.04 bits per heavy atom. The average Bonchev–Trinajstić information content (AvgIpc) is 2.99. The van der Waals surface area contributed by atoms with Crippen molar-refractivity contribution in [3.8, 4) is 0 Å². The van der Waals surface area contributed by atoms with Gasteiger partial charge in [0.05, 0.1) is 6.54 Å². The maximum Gasteiger partial charge on any atom is 0.241 e. The maximum absolute atomic E-state index is 12.5. The minimum atomic E-state index is 0.222. The van der Waals surface area contributed by atoms with Gasteiger partial charge in [0.25, 0.3) is 0 Å². The number of hydrogen-bond acceptors (Lipinski definition) is 2. The number of piperidine rings is 1. The Morgan fingerprint density at radius 3 is 2.87 bits per heavy atom. The first-order chi connectivity index (χ1) is 11.2. The molecular formula is C20H24N2O. The molecule has 2 aliphatic rings. The van der Waals surface area contributed by atoms with E-state index < -0.39 is 0 Å². The molecule has 3 nitrogen and oxygen atoms in total. The Kier molecular flexibility index (Phi) is 3.72. The second kappa shape index (κ2) is 5.88. The van der Waals surface area contributed by atoms with Gasteiger partial charge < -0.3 is 10.2 Å². The van der Waals surface area contributed by atoms with Gasteiger partial charge in [0.1, 0.15) is 0 Å². The highest BCUT2D eigenvalue weighted by molar-refractivity contribution is 6.00. The highest BCUT2D eigenvalue weighted by Gasteiger charge is 2.21. The molecule has 2 aromatic carbocycles. The number of anilines is 1. The number of nitrogens with one attached hydrogen (secondary N) is 1. The first-order valence-electron chi connectivity index (χ1n) is 8.77. The smallest absolute Gasteiger partial charge is 0.241 e. The predicted molar refractivity (Wildman–Crippen MR) is 94.8 cm³/mol. The van der Waals surface area contributed by atoms with Crippen LogP contribution in [0.4, 0.5) is 5.69 Å². The summed E-state index contributed by atoms with van der Waals surface area (Å²) in [5, 5.41) is 6.05. The summed E-state index contributed by atoms with van der Waals surface area (Å²) in [5.41, 5.74) is 3.97. The summed E-state index contributed by atoms with van der Waals surface area (Å²) in [7, 11) is 0. The van der Waals surface area contributed by atoms with Gasteiger partial charge in [-0.2, -0.15) is 0 Å². The largest absolute Gasteiger partial charge is 0.376 e. The van der Waals surface area contributed by atoms with Gasteiger partial charge in [0.2, 0.25) is 5.91 Å². The van der Waals surface area contributed by atoms with Crippen molar-refractivity contribution in [3.05, 3.63) is 41.5 Å². The molecule has 0 radical (unpaired) electrons. The summed E-state index contributed by atoms with van der Waals surface area (Å²) in [6.45, 7) is 4.44. The van der Waals surface area contributed by atoms with E-state index in [-0.39, 0.29) is 5.91 Å². The molecule has 0 unspecified atom stereocenters. The van der Waals surface area contributed by atoms with Crippen LogP contribution in [0.5, 0.6) is 0 Å². The van der Waals surface area contributed by atoms with E-state index in [1.165, 1.54) is 28.3 Å². The minimum absolute atomic E-state index is 0.222. The van der Waals surface area contributed by atoms with Crippen molar-refractivity contribution < 1.29 is 4.79 Å². The van der Waals surface area contributed by atoms with Crippen LogP contribution >= 0.6 is 0 Å². The Morgan fingerprint density at radius 1 is 1.22 bits per heavy atom. The van der Waals surface area contributed by atoms with Crippen LogP contribution < -0.4 is 5.32 Å². The van der Waals surface area contributed by atoms with E-state index in [1.807, 2.05) is 4.90 Å². The Bertz CT molecular complexity index is 742. The Hall–Kier alpha value is -2.03. The van der Waals surface area contributed by atoms with Crippen molar-refractivity contribution in [3.63, 3.8) is 0 Å². The molecule has 2 aromatic rings. The van der Waals surface area contributed by atoms with Crippen molar-refractivity contribution in [2.24, 2.45) is 5.92 Å². The SMILES string of the molecule is C[C@H]1CCCN(C(=O)CNc2ccc3c4c(cccc24)CC3)C1. The quantitative estimate of drug-likeness (QED) is 0.939. The van der Waals surface area contributed by atoms with E-state index in [4.69, 9.17) is 0 Å². The van der Waals surface area contributed by atoms with Crippen molar-refractivity contribution >= 4 is 22.4 Å².